The van der Waals surface area contributed by atoms with Gasteiger partial charge in [0.1, 0.15) is 11.9 Å². The monoisotopic (exact) mass is 222 g/mol. The number of aliphatic carboxylic acids is 1. The molecule has 0 radical (unpaired) electrons. The average molecular weight is 222 g/mol. The van der Waals surface area contributed by atoms with Gasteiger partial charge in [0.25, 0.3) is 0 Å². The number of hydrogen-bond acceptors (Lipinski definition) is 2. The summed E-state index contributed by atoms with van der Waals surface area (Å²) >= 11 is 0. The summed E-state index contributed by atoms with van der Waals surface area (Å²) in [5.41, 5.74) is 0.576. The van der Waals surface area contributed by atoms with Crippen molar-refractivity contribution in [2.24, 2.45) is 0 Å². The van der Waals surface area contributed by atoms with Gasteiger partial charge in [-0.15, -0.1) is 0 Å². The van der Waals surface area contributed by atoms with Gasteiger partial charge >= 0.3 is 57.4 Å². The van der Waals surface area contributed by atoms with Gasteiger partial charge in [-0.25, -0.2) is 9.18 Å². The van der Waals surface area contributed by atoms with Crippen LogP contribution in [0, 0.1) is 5.82 Å². The van der Waals surface area contributed by atoms with Crippen molar-refractivity contribution < 1.29 is 19.0 Å². The van der Waals surface area contributed by atoms with Gasteiger partial charge in [0.05, 0.1) is 0 Å². The molecule has 1 aromatic carbocycles. The zero-order chi connectivity index (χ0) is 9.42. The van der Waals surface area contributed by atoms with E-state index in [1.807, 2.05) is 0 Å². The van der Waals surface area contributed by atoms with Crippen LogP contribution >= 0.6 is 0 Å². The Morgan fingerprint density at radius 1 is 1.50 bits per heavy atom. The van der Waals surface area contributed by atoms with Gasteiger partial charge in [-0.1, -0.05) is 12.1 Å². The Balaban J connectivity index is 0.000000980. The minimum absolute atomic E-state index is 0. The van der Waals surface area contributed by atoms with E-state index < -0.39 is 18.2 Å². The molecule has 1 heterocycles. The Bertz CT molecular complexity index is 356. The van der Waals surface area contributed by atoms with Crippen LogP contribution in [0.5, 0.6) is 0 Å². The first-order chi connectivity index (χ1) is 6.18. The van der Waals surface area contributed by atoms with Crippen molar-refractivity contribution in [2.45, 2.75) is 12.2 Å². The quantitative estimate of drug-likeness (QED) is 0.592. The number of halogens is 1. The first kappa shape index (κ1) is 12.3. The number of epoxide rings is 1. The zero-order valence-corrected chi connectivity index (χ0v) is 6.61. The molecule has 70 valence electrons. The van der Waals surface area contributed by atoms with Crippen molar-refractivity contribution in [3.8, 4) is 0 Å². The van der Waals surface area contributed by atoms with Crippen LogP contribution in [0.15, 0.2) is 24.3 Å². The van der Waals surface area contributed by atoms with E-state index in [-0.39, 0.29) is 57.2 Å². The predicted octanol–water partition coefficient (Wildman–Crippen LogP) is 0.702. The van der Waals surface area contributed by atoms with E-state index >= 15 is 0 Å². The van der Waals surface area contributed by atoms with E-state index in [0.29, 0.717) is 5.56 Å². The Labute approximate surface area is 123 Å². The first-order valence-corrected chi connectivity index (χ1v) is 3.82. The summed E-state index contributed by atoms with van der Waals surface area (Å²) in [7, 11) is 0. The fourth-order valence-electron chi connectivity index (χ4n) is 1.24. The molecule has 0 amide bonds. The molecule has 0 aliphatic carbocycles. The van der Waals surface area contributed by atoms with Gasteiger partial charge in [0, 0.05) is 0 Å². The van der Waals surface area contributed by atoms with E-state index in [9.17, 15) is 9.18 Å². The number of hydrogen-bond donors (Lipinski definition) is 1. The van der Waals surface area contributed by atoms with Crippen molar-refractivity contribution in [2.75, 3.05) is 0 Å². The van der Waals surface area contributed by atoms with Crippen LogP contribution in [0.25, 0.3) is 0 Å². The van der Waals surface area contributed by atoms with Crippen LogP contribution in [0.1, 0.15) is 11.7 Å². The van der Waals surface area contributed by atoms with Gasteiger partial charge in [-0.2, -0.15) is 0 Å². The SMILES string of the molecule is O=C(O)C1OC1c1cccc(F)c1.[KH]. The molecule has 1 fully saturated rings. The standard InChI is InChI=1S/C9H7FO3.K.H/c10-6-3-1-2-5(4-6)7-8(13-7)9(11)12;;/h1-4,7-8H,(H,11,12);;. The third-order valence-corrected chi connectivity index (χ3v) is 1.91. The predicted molar refractivity (Wildman–Crippen MR) is 48.8 cm³/mol. The fraction of sp³-hybridized carbons (Fsp3) is 0.222. The number of benzene rings is 1. The van der Waals surface area contributed by atoms with Crippen LogP contribution < -0.4 is 0 Å². The second kappa shape index (κ2) is 4.83. The van der Waals surface area contributed by atoms with Crippen molar-refractivity contribution in [1.82, 2.24) is 0 Å². The van der Waals surface area contributed by atoms with Crippen LogP contribution in [0.3, 0.4) is 0 Å². The van der Waals surface area contributed by atoms with Gasteiger partial charge in [0.15, 0.2) is 6.10 Å². The van der Waals surface area contributed by atoms with E-state index in [2.05, 4.69) is 0 Å². The summed E-state index contributed by atoms with van der Waals surface area (Å²) in [5, 5.41) is 8.54. The average Bonchev–Trinajstić information content (AvgIpc) is 2.82. The van der Waals surface area contributed by atoms with Crippen LogP contribution in [0.2, 0.25) is 0 Å². The number of carboxylic acid groups (broad SMARTS) is 1. The summed E-state index contributed by atoms with van der Waals surface area (Å²) in [6.45, 7) is 0. The van der Waals surface area contributed by atoms with Crippen molar-refractivity contribution in [1.29, 1.82) is 0 Å². The van der Waals surface area contributed by atoms with Crippen LogP contribution in [-0.4, -0.2) is 68.6 Å². The van der Waals surface area contributed by atoms with Crippen LogP contribution in [-0.2, 0) is 9.53 Å². The Morgan fingerprint density at radius 3 is 2.71 bits per heavy atom. The maximum atomic E-state index is 12.7. The molecule has 2 rings (SSSR count). The number of rotatable bonds is 2. The normalized spacial score (nSPS) is 23.8. The molecule has 2 unspecified atom stereocenters. The molecule has 0 aromatic heterocycles. The molecule has 0 spiro atoms. The maximum absolute atomic E-state index is 12.7. The summed E-state index contributed by atoms with van der Waals surface area (Å²) < 4.78 is 17.5. The van der Waals surface area contributed by atoms with Crippen molar-refractivity contribution in [3.05, 3.63) is 35.6 Å². The Kier molecular flexibility index (Phi) is 4.24. The molecule has 1 aromatic rings. The molecule has 14 heavy (non-hydrogen) atoms. The van der Waals surface area contributed by atoms with Gasteiger partial charge in [-0.3, -0.25) is 0 Å². The third-order valence-electron chi connectivity index (χ3n) is 1.91. The van der Waals surface area contributed by atoms with Gasteiger partial charge in [-0.05, 0) is 17.7 Å². The second-order valence-electron chi connectivity index (χ2n) is 2.87. The summed E-state index contributed by atoms with van der Waals surface area (Å²) in [6, 6.07) is 5.78. The molecular weight excluding hydrogens is 214 g/mol. The molecule has 2 atom stereocenters. The number of carbonyl (C=O) groups is 1. The molecule has 1 N–H and O–H groups in total. The first-order valence-electron chi connectivity index (χ1n) is 3.82. The molecular formula is C9H8FKO3. The van der Waals surface area contributed by atoms with E-state index in [1.54, 1.807) is 6.07 Å². The molecule has 0 bridgehead atoms. The Morgan fingerprint density at radius 2 is 2.21 bits per heavy atom. The Hall–Kier alpha value is 0.216. The van der Waals surface area contributed by atoms with Crippen molar-refractivity contribution in [3.63, 3.8) is 0 Å². The zero-order valence-electron chi connectivity index (χ0n) is 6.61. The molecule has 0 saturated carbocycles. The molecule has 1 saturated heterocycles. The molecule has 1 aliphatic heterocycles. The minimum atomic E-state index is -1.01. The summed E-state index contributed by atoms with van der Waals surface area (Å²) in [6.07, 6.45) is -1.28. The van der Waals surface area contributed by atoms with E-state index in [4.69, 9.17) is 9.84 Å². The van der Waals surface area contributed by atoms with Gasteiger partial charge in [0.2, 0.25) is 0 Å². The third kappa shape index (κ3) is 2.62. The van der Waals surface area contributed by atoms with E-state index in [1.165, 1.54) is 18.2 Å². The fourth-order valence-corrected chi connectivity index (χ4v) is 1.24. The number of carboxylic acids is 1. The molecule has 5 heteroatoms. The summed E-state index contributed by atoms with van der Waals surface area (Å²) in [4.78, 5) is 10.4. The molecule has 1 aliphatic rings. The van der Waals surface area contributed by atoms with Crippen molar-refractivity contribution >= 4 is 57.4 Å². The summed E-state index contributed by atoms with van der Waals surface area (Å²) in [5.74, 6) is -1.38. The second-order valence-corrected chi connectivity index (χ2v) is 2.87. The number of ether oxygens (including phenoxy) is 1. The molecule has 3 nitrogen and oxygen atoms in total. The van der Waals surface area contributed by atoms with Gasteiger partial charge < -0.3 is 9.84 Å². The van der Waals surface area contributed by atoms with E-state index in [0.717, 1.165) is 0 Å². The topological polar surface area (TPSA) is 49.8 Å². The van der Waals surface area contributed by atoms with Crippen LogP contribution in [0.4, 0.5) is 4.39 Å².